The quantitative estimate of drug-likeness (QED) is 0.823. The van der Waals surface area contributed by atoms with Crippen LogP contribution in [0.5, 0.6) is 5.75 Å². The zero-order chi connectivity index (χ0) is 12.4. The van der Waals surface area contributed by atoms with Crippen LogP contribution in [0.3, 0.4) is 0 Å². The van der Waals surface area contributed by atoms with E-state index in [4.69, 9.17) is 0 Å². The summed E-state index contributed by atoms with van der Waals surface area (Å²) in [5.74, 6) is 0.430. The third kappa shape index (κ3) is 2.33. The van der Waals surface area contributed by atoms with Gasteiger partial charge in [0.05, 0.1) is 0 Å². The van der Waals surface area contributed by atoms with Crippen LogP contribution in [-0.4, -0.2) is 5.11 Å². The highest BCUT2D eigenvalue weighted by molar-refractivity contribution is 5.49. The third-order valence-corrected chi connectivity index (χ3v) is 3.40. The maximum Gasteiger partial charge on any atom is 0.121 e. The van der Waals surface area contributed by atoms with Gasteiger partial charge in [-0.05, 0) is 55.0 Å². The fraction of sp³-hybridized carbons (Fsp3) is 0.250. The van der Waals surface area contributed by atoms with Crippen LogP contribution in [0.2, 0.25) is 0 Å². The second-order valence-corrected chi connectivity index (χ2v) is 4.61. The first-order chi connectivity index (χ1) is 8.09. The van der Waals surface area contributed by atoms with Crippen LogP contribution in [0.1, 0.15) is 27.8 Å². The lowest BCUT2D eigenvalue weighted by molar-refractivity contribution is 0.466. The number of benzene rings is 2. The molecule has 1 heteroatoms. The number of phenols is 1. The van der Waals surface area contributed by atoms with Gasteiger partial charge in [0.1, 0.15) is 5.75 Å². The van der Waals surface area contributed by atoms with E-state index >= 15 is 0 Å². The average Bonchev–Trinajstić information content (AvgIpc) is 2.35. The summed E-state index contributed by atoms with van der Waals surface area (Å²) >= 11 is 0. The van der Waals surface area contributed by atoms with Crippen molar-refractivity contribution in [2.24, 2.45) is 0 Å². The molecule has 0 aromatic heterocycles. The number of phenolic OH excluding ortho intramolecular Hbond substituents is 1. The molecule has 88 valence electrons. The van der Waals surface area contributed by atoms with E-state index in [1.807, 2.05) is 19.9 Å². The number of hydrogen-bond donors (Lipinski definition) is 1. The SMILES string of the molecule is Cc1cc(Cc2ccccc2)c(C)c(C)c1O. The first kappa shape index (κ1) is 11.7. The van der Waals surface area contributed by atoms with E-state index in [0.717, 1.165) is 17.5 Å². The molecule has 1 nitrogen and oxygen atoms in total. The van der Waals surface area contributed by atoms with Crippen molar-refractivity contribution in [2.45, 2.75) is 27.2 Å². The Morgan fingerprint density at radius 2 is 1.59 bits per heavy atom. The molecule has 0 heterocycles. The number of aryl methyl sites for hydroxylation is 1. The highest BCUT2D eigenvalue weighted by atomic mass is 16.3. The Hall–Kier alpha value is -1.76. The van der Waals surface area contributed by atoms with Crippen LogP contribution in [0, 0.1) is 20.8 Å². The van der Waals surface area contributed by atoms with E-state index < -0.39 is 0 Å². The number of rotatable bonds is 2. The molecule has 2 aromatic rings. The minimum absolute atomic E-state index is 0.430. The molecule has 0 unspecified atom stereocenters. The van der Waals surface area contributed by atoms with Gasteiger partial charge >= 0.3 is 0 Å². The first-order valence-corrected chi connectivity index (χ1v) is 5.92. The molecule has 1 N–H and O–H groups in total. The molecular formula is C16H18O. The summed E-state index contributed by atoms with van der Waals surface area (Å²) in [7, 11) is 0. The Balaban J connectivity index is 2.41. The highest BCUT2D eigenvalue weighted by Crippen LogP contribution is 2.28. The molecule has 0 amide bonds. The van der Waals surface area contributed by atoms with Gasteiger partial charge in [0, 0.05) is 0 Å². The van der Waals surface area contributed by atoms with E-state index in [-0.39, 0.29) is 0 Å². The maximum atomic E-state index is 9.88. The van der Waals surface area contributed by atoms with Crippen molar-refractivity contribution < 1.29 is 5.11 Å². The predicted molar refractivity (Wildman–Crippen MR) is 71.6 cm³/mol. The molecule has 2 aromatic carbocycles. The average molecular weight is 226 g/mol. The molecule has 17 heavy (non-hydrogen) atoms. The molecule has 0 bridgehead atoms. The zero-order valence-corrected chi connectivity index (χ0v) is 10.6. The minimum Gasteiger partial charge on any atom is -0.507 e. The van der Waals surface area contributed by atoms with Crippen LogP contribution in [0.4, 0.5) is 0 Å². The molecular weight excluding hydrogens is 208 g/mol. The van der Waals surface area contributed by atoms with Crippen molar-refractivity contribution in [3.63, 3.8) is 0 Å². The molecule has 0 fully saturated rings. The molecule has 0 aliphatic rings. The van der Waals surface area contributed by atoms with Gasteiger partial charge in [0.25, 0.3) is 0 Å². The standard InChI is InChI=1S/C16H18O/c1-11-9-15(12(2)13(3)16(11)17)10-14-7-5-4-6-8-14/h4-9,17H,10H2,1-3H3. The van der Waals surface area contributed by atoms with Crippen LogP contribution in [0.15, 0.2) is 36.4 Å². The van der Waals surface area contributed by atoms with Crippen molar-refractivity contribution >= 4 is 0 Å². The second kappa shape index (κ2) is 4.62. The van der Waals surface area contributed by atoms with Gasteiger partial charge in [-0.25, -0.2) is 0 Å². The minimum atomic E-state index is 0.430. The van der Waals surface area contributed by atoms with Gasteiger partial charge in [-0.15, -0.1) is 0 Å². The monoisotopic (exact) mass is 226 g/mol. The zero-order valence-electron chi connectivity index (χ0n) is 10.6. The third-order valence-electron chi connectivity index (χ3n) is 3.40. The smallest absolute Gasteiger partial charge is 0.121 e. The lowest BCUT2D eigenvalue weighted by atomic mass is 9.94. The second-order valence-electron chi connectivity index (χ2n) is 4.61. The molecule has 2 rings (SSSR count). The summed E-state index contributed by atoms with van der Waals surface area (Å²) < 4.78 is 0. The van der Waals surface area contributed by atoms with Gasteiger partial charge < -0.3 is 5.11 Å². The number of aromatic hydroxyl groups is 1. The normalized spacial score (nSPS) is 10.5. The number of hydrogen-bond acceptors (Lipinski definition) is 1. The van der Waals surface area contributed by atoms with E-state index in [2.05, 4.69) is 37.3 Å². The van der Waals surface area contributed by atoms with Crippen molar-refractivity contribution in [1.82, 2.24) is 0 Å². The summed E-state index contributed by atoms with van der Waals surface area (Å²) in [4.78, 5) is 0. The molecule has 0 spiro atoms. The summed E-state index contributed by atoms with van der Waals surface area (Å²) in [6.07, 6.45) is 0.925. The maximum absolute atomic E-state index is 9.88. The Bertz CT molecular complexity index is 527. The molecule has 0 aliphatic carbocycles. The van der Waals surface area contributed by atoms with Crippen LogP contribution >= 0.6 is 0 Å². The van der Waals surface area contributed by atoms with E-state index in [1.165, 1.54) is 16.7 Å². The summed E-state index contributed by atoms with van der Waals surface area (Å²) in [5, 5.41) is 9.88. The highest BCUT2D eigenvalue weighted by Gasteiger charge is 2.09. The summed E-state index contributed by atoms with van der Waals surface area (Å²) in [5.41, 5.74) is 5.75. The summed E-state index contributed by atoms with van der Waals surface area (Å²) in [6.45, 7) is 6.01. The molecule has 0 radical (unpaired) electrons. The van der Waals surface area contributed by atoms with Crippen LogP contribution < -0.4 is 0 Å². The lowest BCUT2D eigenvalue weighted by Crippen LogP contribution is -1.96. The van der Waals surface area contributed by atoms with E-state index in [1.54, 1.807) is 0 Å². The Morgan fingerprint density at radius 1 is 0.941 bits per heavy atom. The van der Waals surface area contributed by atoms with Crippen molar-refractivity contribution in [2.75, 3.05) is 0 Å². The van der Waals surface area contributed by atoms with Crippen LogP contribution in [-0.2, 0) is 6.42 Å². The van der Waals surface area contributed by atoms with Crippen molar-refractivity contribution in [3.8, 4) is 5.75 Å². The van der Waals surface area contributed by atoms with Crippen molar-refractivity contribution in [1.29, 1.82) is 0 Å². The van der Waals surface area contributed by atoms with E-state index in [0.29, 0.717) is 5.75 Å². The first-order valence-electron chi connectivity index (χ1n) is 5.92. The van der Waals surface area contributed by atoms with Gasteiger partial charge in [-0.1, -0.05) is 36.4 Å². The van der Waals surface area contributed by atoms with Gasteiger partial charge in [-0.2, -0.15) is 0 Å². The molecule has 0 saturated carbocycles. The van der Waals surface area contributed by atoms with Gasteiger partial charge in [0.2, 0.25) is 0 Å². The Kier molecular flexibility index (Phi) is 3.19. The molecule has 0 saturated heterocycles. The largest absolute Gasteiger partial charge is 0.507 e. The van der Waals surface area contributed by atoms with E-state index in [9.17, 15) is 5.11 Å². The van der Waals surface area contributed by atoms with Gasteiger partial charge in [-0.3, -0.25) is 0 Å². The molecule has 0 atom stereocenters. The summed E-state index contributed by atoms with van der Waals surface area (Å²) in [6, 6.07) is 12.5. The Morgan fingerprint density at radius 3 is 2.24 bits per heavy atom. The molecule has 0 aliphatic heterocycles. The topological polar surface area (TPSA) is 20.2 Å². The van der Waals surface area contributed by atoms with Gasteiger partial charge in [0.15, 0.2) is 0 Å². The van der Waals surface area contributed by atoms with Crippen molar-refractivity contribution in [3.05, 3.63) is 64.2 Å². The predicted octanol–water partition coefficient (Wildman–Crippen LogP) is 3.91. The fourth-order valence-electron chi connectivity index (χ4n) is 2.15. The fourth-order valence-corrected chi connectivity index (χ4v) is 2.15. The lowest BCUT2D eigenvalue weighted by Gasteiger charge is -2.13. The Labute approximate surface area is 103 Å². The van der Waals surface area contributed by atoms with Crippen LogP contribution in [0.25, 0.3) is 0 Å².